The summed E-state index contributed by atoms with van der Waals surface area (Å²) in [6, 6.07) is 0. The monoisotopic (exact) mass is 327 g/mol. The molecule has 0 aliphatic heterocycles. The van der Waals surface area contributed by atoms with E-state index >= 15 is 0 Å². The number of rotatable bonds is 3. The molecule has 0 aromatic carbocycles. The Morgan fingerprint density at radius 1 is 1.47 bits per heavy atom. The Bertz CT molecular complexity index is 375. The number of halogens is 3. The van der Waals surface area contributed by atoms with Crippen LogP contribution in [0.4, 0.5) is 4.79 Å². The fourth-order valence-electron chi connectivity index (χ4n) is 2.52. The maximum Gasteiger partial charge on any atom is 0.407 e. The zero-order valence-electron chi connectivity index (χ0n) is 11.4. The van der Waals surface area contributed by atoms with Crippen LogP contribution in [0, 0.1) is 5.92 Å². The van der Waals surface area contributed by atoms with Gasteiger partial charge in [0.05, 0.1) is 6.54 Å². The lowest BCUT2D eigenvalue weighted by Crippen LogP contribution is -2.54. The summed E-state index contributed by atoms with van der Waals surface area (Å²) in [5.41, 5.74) is 0.794. The van der Waals surface area contributed by atoms with Crippen molar-refractivity contribution in [1.82, 2.24) is 4.90 Å². The molecule has 1 rings (SSSR count). The molecule has 3 nitrogen and oxygen atoms in total. The lowest BCUT2D eigenvalue weighted by atomic mass is 9.76. The normalized spacial score (nSPS) is 20.9. The summed E-state index contributed by atoms with van der Waals surface area (Å²) in [7, 11) is 0. The van der Waals surface area contributed by atoms with Gasteiger partial charge >= 0.3 is 6.09 Å². The fourth-order valence-corrected chi connectivity index (χ4v) is 2.88. The predicted octanol–water partition coefficient (Wildman–Crippen LogP) is 4.86. The van der Waals surface area contributed by atoms with Crippen molar-refractivity contribution in [3.05, 3.63) is 11.6 Å². The molecule has 0 spiro atoms. The number of nitrogens with zero attached hydrogens (tertiary/aromatic N) is 1. The molecule has 0 bridgehead atoms. The Labute approximate surface area is 129 Å². The first-order chi connectivity index (χ1) is 8.54. The fraction of sp³-hybridized carbons (Fsp3) is 0.769. The summed E-state index contributed by atoms with van der Waals surface area (Å²) in [6.45, 7) is 5.77. The number of hydrogen-bond donors (Lipinski definition) is 1. The molecular formula is C13H20Cl3NO2. The summed E-state index contributed by atoms with van der Waals surface area (Å²) >= 11 is 17.3. The molecule has 110 valence electrons. The van der Waals surface area contributed by atoms with Gasteiger partial charge in [0.25, 0.3) is 0 Å². The molecule has 1 aliphatic carbocycles. The Hall–Kier alpha value is -0.120. The molecule has 0 heterocycles. The first-order valence-electron chi connectivity index (χ1n) is 6.27. The van der Waals surface area contributed by atoms with Gasteiger partial charge in [0.2, 0.25) is 3.79 Å². The van der Waals surface area contributed by atoms with E-state index in [4.69, 9.17) is 34.8 Å². The summed E-state index contributed by atoms with van der Waals surface area (Å²) in [5, 5.41) is 9.39. The number of alkyl halides is 3. The van der Waals surface area contributed by atoms with Crippen LogP contribution >= 0.6 is 34.8 Å². The van der Waals surface area contributed by atoms with Crippen molar-refractivity contribution in [1.29, 1.82) is 0 Å². The van der Waals surface area contributed by atoms with E-state index in [2.05, 4.69) is 13.0 Å². The van der Waals surface area contributed by atoms with E-state index in [0.29, 0.717) is 0 Å². The van der Waals surface area contributed by atoms with Gasteiger partial charge in [0.15, 0.2) is 0 Å². The number of carbonyl (C=O) groups is 1. The van der Waals surface area contributed by atoms with Gasteiger partial charge in [0, 0.05) is 5.54 Å². The summed E-state index contributed by atoms with van der Waals surface area (Å²) in [5.74, 6) is 0.236. The lowest BCUT2D eigenvalue weighted by Gasteiger charge is -2.44. The van der Waals surface area contributed by atoms with E-state index in [1.165, 1.54) is 10.5 Å². The van der Waals surface area contributed by atoms with Crippen LogP contribution in [0.5, 0.6) is 0 Å². The van der Waals surface area contributed by atoms with Crippen LogP contribution in [-0.2, 0) is 0 Å². The molecule has 0 fully saturated rings. The van der Waals surface area contributed by atoms with Gasteiger partial charge in [0.1, 0.15) is 0 Å². The Morgan fingerprint density at radius 2 is 2.05 bits per heavy atom. The Morgan fingerprint density at radius 3 is 2.42 bits per heavy atom. The minimum Gasteiger partial charge on any atom is -0.465 e. The first kappa shape index (κ1) is 16.9. The van der Waals surface area contributed by atoms with E-state index in [9.17, 15) is 9.90 Å². The summed E-state index contributed by atoms with van der Waals surface area (Å²) in [6.07, 6.45) is 3.93. The molecule has 0 aromatic heterocycles. The number of amides is 1. The van der Waals surface area contributed by atoms with E-state index < -0.39 is 15.4 Å². The van der Waals surface area contributed by atoms with Crippen LogP contribution in [-0.4, -0.2) is 32.0 Å². The van der Waals surface area contributed by atoms with Crippen LogP contribution in [0.1, 0.15) is 40.0 Å². The van der Waals surface area contributed by atoms with Crippen molar-refractivity contribution in [2.45, 2.75) is 49.4 Å². The zero-order chi connectivity index (χ0) is 14.8. The molecule has 1 amide bonds. The smallest absolute Gasteiger partial charge is 0.407 e. The SMILES string of the molecule is CC1=CCC(C(C)(C)N(CC(Cl)(Cl)Cl)C(=O)O)CC1. The third-order valence-corrected chi connectivity index (χ3v) is 4.26. The van der Waals surface area contributed by atoms with Crippen LogP contribution in [0.15, 0.2) is 11.6 Å². The molecule has 1 aliphatic rings. The minimum atomic E-state index is -1.60. The molecule has 1 N–H and O–H groups in total. The average Bonchev–Trinajstić information content (AvgIpc) is 2.25. The Kier molecular flexibility index (Phi) is 5.44. The molecule has 0 aromatic rings. The summed E-state index contributed by atoms with van der Waals surface area (Å²) < 4.78 is -1.60. The average molecular weight is 329 g/mol. The van der Waals surface area contributed by atoms with Gasteiger partial charge < -0.3 is 5.11 Å². The molecule has 0 radical (unpaired) electrons. The molecule has 0 saturated carbocycles. The highest BCUT2D eigenvalue weighted by molar-refractivity contribution is 6.67. The van der Waals surface area contributed by atoms with Crippen LogP contribution in [0.3, 0.4) is 0 Å². The van der Waals surface area contributed by atoms with Crippen molar-refractivity contribution in [3.63, 3.8) is 0 Å². The molecule has 6 heteroatoms. The molecule has 1 atom stereocenters. The van der Waals surface area contributed by atoms with Crippen LogP contribution in [0.2, 0.25) is 0 Å². The van der Waals surface area contributed by atoms with Gasteiger partial charge in [-0.3, -0.25) is 4.90 Å². The van der Waals surface area contributed by atoms with Crippen molar-refractivity contribution in [2.24, 2.45) is 5.92 Å². The molecule has 1 unspecified atom stereocenters. The molecule has 0 saturated heterocycles. The van der Waals surface area contributed by atoms with Crippen LogP contribution in [0.25, 0.3) is 0 Å². The highest BCUT2D eigenvalue weighted by atomic mass is 35.6. The van der Waals surface area contributed by atoms with Crippen molar-refractivity contribution < 1.29 is 9.90 Å². The van der Waals surface area contributed by atoms with Crippen LogP contribution < -0.4 is 0 Å². The van der Waals surface area contributed by atoms with Gasteiger partial charge in [-0.15, -0.1) is 0 Å². The second-order valence-corrected chi connectivity index (χ2v) is 8.18. The number of carboxylic acid groups (broad SMARTS) is 1. The van der Waals surface area contributed by atoms with E-state index in [1.807, 2.05) is 13.8 Å². The van der Waals surface area contributed by atoms with Crippen molar-refractivity contribution >= 4 is 40.9 Å². The van der Waals surface area contributed by atoms with Gasteiger partial charge in [-0.25, -0.2) is 4.79 Å². The number of allylic oxidation sites excluding steroid dienone is 2. The van der Waals surface area contributed by atoms with E-state index in [-0.39, 0.29) is 12.5 Å². The molecule has 19 heavy (non-hydrogen) atoms. The van der Waals surface area contributed by atoms with E-state index in [0.717, 1.165) is 19.3 Å². The Balaban J connectivity index is 2.90. The highest BCUT2D eigenvalue weighted by Crippen LogP contribution is 2.38. The van der Waals surface area contributed by atoms with Crippen molar-refractivity contribution in [3.8, 4) is 0 Å². The second kappa shape index (κ2) is 6.11. The summed E-state index contributed by atoms with van der Waals surface area (Å²) in [4.78, 5) is 12.7. The maximum atomic E-state index is 11.5. The highest BCUT2D eigenvalue weighted by Gasteiger charge is 2.41. The number of hydrogen-bond acceptors (Lipinski definition) is 1. The minimum absolute atomic E-state index is 0.126. The van der Waals surface area contributed by atoms with Gasteiger partial charge in [-0.1, -0.05) is 46.5 Å². The standard InChI is InChI=1S/C13H20Cl3NO2/c1-9-4-6-10(7-5-9)12(2,3)17(11(18)19)8-13(14,15)16/h4,10H,5-8H2,1-3H3,(H,18,19). The third kappa shape index (κ3) is 4.73. The van der Waals surface area contributed by atoms with Gasteiger partial charge in [-0.2, -0.15) is 0 Å². The van der Waals surface area contributed by atoms with Gasteiger partial charge in [-0.05, 0) is 46.0 Å². The second-order valence-electron chi connectivity index (χ2n) is 5.66. The topological polar surface area (TPSA) is 40.5 Å². The molecular weight excluding hydrogens is 309 g/mol. The zero-order valence-corrected chi connectivity index (χ0v) is 13.7. The first-order valence-corrected chi connectivity index (χ1v) is 7.40. The van der Waals surface area contributed by atoms with Crippen molar-refractivity contribution in [2.75, 3.05) is 6.54 Å². The lowest BCUT2D eigenvalue weighted by molar-refractivity contribution is 0.0554. The third-order valence-electron chi connectivity index (χ3n) is 3.90. The maximum absolute atomic E-state index is 11.5. The van der Waals surface area contributed by atoms with E-state index in [1.54, 1.807) is 0 Å². The quantitative estimate of drug-likeness (QED) is 0.593. The predicted molar refractivity (Wildman–Crippen MR) is 80.2 cm³/mol. The largest absolute Gasteiger partial charge is 0.465 e.